The molecule has 1 N–H and O–H groups in total. The predicted molar refractivity (Wildman–Crippen MR) is 79.5 cm³/mol. The van der Waals surface area contributed by atoms with Crippen molar-refractivity contribution in [3.8, 4) is 0 Å². The van der Waals surface area contributed by atoms with Crippen molar-refractivity contribution in [1.82, 2.24) is 15.2 Å². The number of ether oxygens (including phenoxy) is 1. The van der Waals surface area contributed by atoms with E-state index in [0.717, 1.165) is 12.1 Å². The first-order valence-corrected chi connectivity index (χ1v) is 6.99. The van der Waals surface area contributed by atoms with Crippen molar-refractivity contribution in [3.63, 3.8) is 0 Å². The molecule has 2 unspecified atom stereocenters. The lowest BCUT2D eigenvalue weighted by Gasteiger charge is -2.25. The van der Waals surface area contributed by atoms with Crippen LogP contribution in [0.4, 0.5) is 4.79 Å². The van der Waals surface area contributed by atoms with Gasteiger partial charge in [-0.15, -0.1) is 0 Å². The molecule has 0 saturated carbocycles. The van der Waals surface area contributed by atoms with Crippen molar-refractivity contribution < 1.29 is 14.3 Å². The standard InChI is InChI=1S/C15H23N3O3/c1-5-11(2)13(14(19)21-4)17-15(20)18(3)10-12-8-6-7-9-16-12/h6-9,11,13H,5,10H2,1-4H3,(H,17,20). The summed E-state index contributed by atoms with van der Waals surface area (Å²) >= 11 is 0. The molecule has 1 rings (SSSR count). The van der Waals surface area contributed by atoms with E-state index in [0.29, 0.717) is 6.54 Å². The number of hydrogen-bond acceptors (Lipinski definition) is 4. The van der Waals surface area contributed by atoms with Gasteiger partial charge in [-0.05, 0) is 18.1 Å². The third-order valence-electron chi connectivity index (χ3n) is 3.42. The van der Waals surface area contributed by atoms with Crippen molar-refractivity contribution in [3.05, 3.63) is 30.1 Å². The Hall–Kier alpha value is -2.11. The molecule has 6 heteroatoms. The molecule has 1 heterocycles. The fraction of sp³-hybridized carbons (Fsp3) is 0.533. The molecule has 0 bridgehead atoms. The number of nitrogens with one attached hydrogen (secondary N) is 1. The zero-order valence-corrected chi connectivity index (χ0v) is 13.0. The van der Waals surface area contributed by atoms with Crippen LogP contribution >= 0.6 is 0 Å². The lowest BCUT2D eigenvalue weighted by atomic mass is 9.99. The fourth-order valence-corrected chi connectivity index (χ4v) is 1.85. The minimum Gasteiger partial charge on any atom is -0.467 e. The number of rotatable bonds is 6. The van der Waals surface area contributed by atoms with Gasteiger partial charge in [0.25, 0.3) is 0 Å². The average Bonchev–Trinajstić information content (AvgIpc) is 2.51. The van der Waals surface area contributed by atoms with Gasteiger partial charge in [0.15, 0.2) is 0 Å². The first-order valence-electron chi connectivity index (χ1n) is 6.99. The van der Waals surface area contributed by atoms with Crippen LogP contribution in [-0.2, 0) is 16.1 Å². The third-order valence-corrected chi connectivity index (χ3v) is 3.42. The lowest BCUT2D eigenvalue weighted by molar-refractivity contribution is -0.144. The molecule has 0 saturated heterocycles. The highest BCUT2D eigenvalue weighted by Crippen LogP contribution is 2.10. The largest absolute Gasteiger partial charge is 0.467 e. The highest BCUT2D eigenvalue weighted by Gasteiger charge is 2.27. The van der Waals surface area contributed by atoms with E-state index in [1.807, 2.05) is 32.0 Å². The van der Waals surface area contributed by atoms with Gasteiger partial charge < -0.3 is 15.0 Å². The van der Waals surface area contributed by atoms with Gasteiger partial charge in [-0.25, -0.2) is 9.59 Å². The molecule has 0 aliphatic carbocycles. The Morgan fingerprint density at radius 3 is 2.67 bits per heavy atom. The minimum absolute atomic E-state index is 0.00431. The predicted octanol–water partition coefficient (Wildman–Crippen LogP) is 1.81. The number of hydrogen-bond donors (Lipinski definition) is 1. The number of aromatic nitrogens is 1. The van der Waals surface area contributed by atoms with Crippen LogP contribution in [0.2, 0.25) is 0 Å². The molecule has 6 nitrogen and oxygen atoms in total. The molecule has 21 heavy (non-hydrogen) atoms. The summed E-state index contributed by atoms with van der Waals surface area (Å²) in [6.45, 7) is 4.24. The molecule has 0 radical (unpaired) electrons. The topological polar surface area (TPSA) is 71.5 Å². The van der Waals surface area contributed by atoms with E-state index in [-0.39, 0.29) is 11.9 Å². The summed E-state index contributed by atoms with van der Waals surface area (Å²) in [6.07, 6.45) is 2.45. The van der Waals surface area contributed by atoms with Crippen LogP contribution in [0.3, 0.4) is 0 Å². The maximum absolute atomic E-state index is 12.2. The Morgan fingerprint density at radius 2 is 2.14 bits per heavy atom. The molecule has 2 atom stereocenters. The van der Waals surface area contributed by atoms with Crippen LogP contribution in [0.1, 0.15) is 26.0 Å². The van der Waals surface area contributed by atoms with Crippen LogP contribution in [-0.4, -0.2) is 42.1 Å². The van der Waals surface area contributed by atoms with E-state index in [2.05, 4.69) is 10.3 Å². The van der Waals surface area contributed by atoms with E-state index in [1.165, 1.54) is 12.0 Å². The summed E-state index contributed by atoms with van der Waals surface area (Å²) in [5, 5.41) is 2.72. The second kappa shape index (κ2) is 8.24. The van der Waals surface area contributed by atoms with E-state index in [1.54, 1.807) is 13.2 Å². The fourth-order valence-electron chi connectivity index (χ4n) is 1.85. The van der Waals surface area contributed by atoms with Gasteiger partial charge in [-0.3, -0.25) is 4.98 Å². The molecule has 0 aromatic carbocycles. The molecular formula is C15H23N3O3. The van der Waals surface area contributed by atoms with Crippen LogP contribution in [0.25, 0.3) is 0 Å². The number of methoxy groups -OCH3 is 1. The summed E-state index contributed by atoms with van der Waals surface area (Å²) in [5.41, 5.74) is 0.785. The number of pyridine rings is 1. The summed E-state index contributed by atoms with van der Waals surface area (Å²) < 4.78 is 4.75. The Kier molecular flexibility index (Phi) is 6.65. The third kappa shape index (κ3) is 5.06. The van der Waals surface area contributed by atoms with Crippen LogP contribution in [0.5, 0.6) is 0 Å². The number of carbonyl (C=O) groups excluding carboxylic acids is 2. The van der Waals surface area contributed by atoms with Crippen molar-refractivity contribution >= 4 is 12.0 Å². The molecule has 0 fully saturated rings. The monoisotopic (exact) mass is 293 g/mol. The molecule has 116 valence electrons. The maximum Gasteiger partial charge on any atom is 0.328 e. The second-order valence-electron chi connectivity index (χ2n) is 5.01. The number of carbonyl (C=O) groups is 2. The average molecular weight is 293 g/mol. The molecule has 0 spiro atoms. The van der Waals surface area contributed by atoms with Gasteiger partial charge in [0.1, 0.15) is 6.04 Å². The quantitative estimate of drug-likeness (QED) is 0.812. The van der Waals surface area contributed by atoms with Crippen molar-refractivity contribution in [2.24, 2.45) is 5.92 Å². The highest BCUT2D eigenvalue weighted by atomic mass is 16.5. The molecule has 0 aliphatic rings. The van der Waals surface area contributed by atoms with E-state index < -0.39 is 12.0 Å². The van der Waals surface area contributed by atoms with Gasteiger partial charge in [-0.2, -0.15) is 0 Å². The SMILES string of the molecule is CCC(C)C(NC(=O)N(C)Cc1ccccn1)C(=O)OC. The van der Waals surface area contributed by atoms with Crippen LogP contribution < -0.4 is 5.32 Å². The molecule has 1 aromatic rings. The number of urea groups is 1. The molecule has 2 amide bonds. The number of amides is 2. The maximum atomic E-state index is 12.2. The van der Waals surface area contributed by atoms with Gasteiger partial charge in [0, 0.05) is 13.2 Å². The summed E-state index contributed by atoms with van der Waals surface area (Å²) in [4.78, 5) is 29.6. The van der Waals surface area contributed by atoms with E-state index >= 15 is 0 Å². The molecule has 1 aromatic heterocycles. The zero-order chi connectivity index (χ0) is 15.8. The van der Waals surface area contributed by atoms with Crippen LogP contribution in [0, 0.1) is 5.92 Å². The summed E-state index contributed by atoms with van der Waals surface area (Å²) in [7, 11) is 2.98. The smallest absolute Gasteiger partial charge is 0.328 e. The van der Waals surface area contributed by atoms with Crippen molar-refractivity contribution in [2.75, 3.05) is 14.2 Å². The summed E-state index contributed by atoms with van der Waals surface area (Å²) in [6, 6.07) is 4.57. The highest BCUT2D eigenvalue weighted by molar-refractivity contribution is 5.83. The first kappa shape index (κ1) is 16.9. The Morgan fingerprint density at radius 1 is 1.43 bits per heavy atom. The Labute approximate surface area is 125 Å². The first-order chi connectivity index (χ1) is 9.99. The normalized spacial score (nSPS) is 13.1. The number of esters is 1. The van der Waals surface area contributed by atoms with Gasteiger partial charge in [-0.1, -0.05) is 26.3 Å². The zero-order valence-electron chi connectivity index (χ0n) is 13.0. The minimum atomic E-state index is -0.640. The van der Waals surface area contributed by atoms with Gasteiger partial charge >= 0.3 is 12.0 Å². The van der Waals surface area contributed by atoms with Crippen LogP contribution in [0.15, 0.2) is 24.4 Å². The Bertz CT molecular complexity index is 464. The number of nitrogens with zero attached hydrogens (tertiary/aromatic N) is 2. The molecular weight excluding hydrogens is 270 g/mol. The van der Waals surface area contributed by atoms with Crippen molar-refractivity contribution in [2.45, 2.75) is 32.9 Å². The van der Waals surface area contributed by atoms with Gasteiger partial charge in [0.2, 0.25) is 0 Å². The lowest BCUT2D eigenvalue weighted by Crippen LogP contribution is -2.49. The van der Waals surface area contributed by atoms with Crippen molar-refractivity contribution in [1.29, 1.82) is 0 Å². The van der Waals surface area contributed by atoms with E-state index in [9.17, 15) is 9.59 Å². The molecule has 0 aliphatic heterocycles. The second-order valence-corrected chi connectivity index (χ2v) is 5.01. The van der Waals surface area contributed by atoms with E-state index in [4.69, 9.17) is 4.74 Å². The Balaban J connectivity index is 2.66. The summed E-state index contributed by atoms with van der Waals surface area (Å²) in [5.74, 6) is -0.423. The van der Waals surface area contributed by atoms with Gasteiger partial charge in [0.05, 0.1) is 19.3 Å².